The molecule has 3 aromatic carbocycles. The Morgan fingerprint density at radius 1 is 0.967 bits per heavy atom. The molecule has 0 atom stereocenters. The average molecular weight is 402 g/mol. The molecular formula is C25H26N2O3. The monoisotopic (exact) mass is 402 g/mol. The summed E-state index contributed by atoms with van der Waals surface area (Å²) in [4.78, 5) is 12.2. The second kappa shape index (κ2) is 10.3. The smallest absolute Gasteiger partial charge is 0.271 e. The first kappa shape index (κ1) is 21.1. The summed E-state index contributed by atoms with van der Waals surface area (Å²) in [5.41, 5.74) is 7.26. The van der Waals surface area contributed by atoms with Crippen molar-refractivity contribution in [3.63, 3.8) is 0 Å². The Morgan fingerprint density at radius 2 is 1.80 bits per heavy atom. The average Bonchev–Trinajstić information content (AvgIpc) is 2.74. The molecule has 0 aliphatic rings. The summed E-state index contributed by atoms with van der Waals surface area (Å²) < 4.78 is 11.7. The zero-order valence-electron chi connectivity index (χ0n) is 17.5. The van der Waals surface area contributed by atoms with Crippen LogP contribution in [0.3, 0.4) is 0 Å². The number of amides is 1. The van der Waals surface area contributed by atoms with Crippen molar-refractivity contribution < 1.29 is 14.3 Å². The molecule has 3 aromatic rings. The van der Waals surface area contributed by atoms with E-state index in [2.05, 4.69) is 23.5 Å². The van der Waals surface area contributed by atoms with Crippen LogP contribution in [0.4, 0.5) is 0 Å². The zero-order chi connectivity index (χ0) is 21.3. The predicted octanol–water partition coefficient (Wildman–Crippen LogP) is 5.05. The van der Waals surface area contributed by atoms with Gasteiger partial charge >= 0.3 is 0 Å². The summed E-state index contributed by atoms with van der Waals surface area (Å²) in [6.45, 7) is 6.91. The minimum absolute atomic E-state index is 0.252. The van der Waals surface area contributed by atoms with E-state index in [1.165, 1.54) is 5.56 Å². The topological polar surface area (TPSA) is 59.9 Å². The lowest BCUT2D eigenvalue weighted by Gasteiger charge is -2.13. The van der Waals surface area contributed by atoms with Gasteiger partial charge in [0.1, 0.15) is 6.61 Å². The van der Waals surface area contributed by atoms with Crippen LogP contribution in [0.5, 0.6) is 11.5 Å². The predicted molar refractivity (Wildman–Crippen MR) is 119 cm³/mol. The van der Waals surface area contributed by atoms with Crippen molar-refractivity contribution >= 4 is 12.1 Å². The second-order valence-electron chi connectivity index (χ2n) is 6.92. The number of nitrogens with one attached hydrogen (secondary N) is 1. The van der Waals surface area contributed by atoms with Crippen LogP contribution in [-0.2, 0) is 6.61 Å². The molecule has 0 saturated heterocycles. The number of carbonyl (C=O) groups is 1. The molecule has 154 valence electrons. The molecule has 5 nitrogen and oxygen atoms in total. The number of benzene rings is 3. The number of carbonyl (C=O) groups excluding carboxylic acids is 1. The first-order chi connectivity index (χ1) is 14.6. The Labute approximate surface area is 177 Å². The highest BCUT2D eigenvalue weighted by atomic mass is 16.5. The normalized spacial score (nSPS) is 10.8. The van der Waals surface area contributed by atoms with E-state index in [1.807, 2.05) is 68.4 Å². The summed E-state index contributed by atoms with van der Waals surface area (Å²) in [5, 5.41) is 4.06. The summed E-state index contributed by atoms with van der Waals surface area (Å²) in [7, 11) is 0. The van der Waals surface area contributed by atoms with Crippen molar-refractivity contribution in [1.29, 1.82) is 0 Å². The summed E-state index contributed by atoms with van der Waals surface area (Å²) >= 11 is 0. The molecule has 0 aliphatic heterocycles. The van der Waals surface area contributed by atoms with Crippen molar-refractivity contribution in [2.75, 3.05) is 6.61 Å². The molecule has 30 heavy (non-hydrogen) atoms. The van der Waals surface area contributed by atoms with Crippen LogP contribution in [0.2, 0.25) is 0 Å². The van der Waals surface area contributed by atoms with Gasteiger partial charge in [0.05, 0.1) is 12.8 Å². The molecule has 0 spiro atoms. The van der Waals surface area contributed by atoms with Gasteiger partial charge in [-0.1, -0.05) is 42.0 Å². The Bertz CT molecular complexity index is 1040. The SMILES string of the molecule is CCOc1cc(C=NNC(=O)c2cccc(C)c2)ccc1OCc1ccccc1C. The fourth-order valence-electron chi connectivity index (χ4n) is 2.94. The van der Waals surface area contributed by atoms with E-state index in [9.17, 15) is 4.79 Å². The Kier molecular flexibility index (Phi) is 7.22. The molecule has 0 unspecified atom stereocenters. The molecule has 1 N–H and O–H groups in total. The Morgan fingerprint density at radius 3 is 2.57 bits per heavy atom. The van der Waals surface area contributed by atoms with Gasteiger partial charge in [-0.15, -0.1) is 0 Å². The first-order valence-electron chi connectivity index (χ1n) is 9.91. The van der Waals surface area contributed by atoms with E-state index in [1.54, 1.807) is 12.3 Å². The van der Waals surface area contributed by atoms with E-state index in [-0.39, 0.29) is 5.91 Å². The van der Waals surface area contributed by atoms with Crippen molar-refractivity contribution in [3.05, 3.63) is 94.5 Å². The van der Waals surface area contributed by atoms with Gasteiger partial charge in [0.2, 0.25) is 0 Å². The lowest BCUT2D eigenvalue weighted by molar-refractivity contribution is 0.0955. The third-order valence-corrected chi connectivity index (χ3v) is 4.57. The molecule has 0 radical (unpaired) electrons. The lowest BCUT2D eigenvalue weighted by atomic mass is 10.1. The van der Waals surface area contributed by atoms with Gasteiger partial charge < -0.3 is 9.47 Å². The van der Waals surface area contributed by atoms with Crippen LogP contribution < -0.4 is 14.9 Å². The van der Waals surface area contributed by atoms with Gasteiger partial charge in [-0.3, -0.25) is 4.79 Å². The van der Waals surface area contributed by atoms with Gasteiger partial charge in [-0.05, 0) is 67.8 Å². The van der Waals surface area contributed by atoms with Crippen molar-refractivity contribution in [2.24, 2.45) is 5.10 Å². The highest BCUT2D eigenvalue weighted by Crippen LogP contribution is 2.29. The molecule has 0 fully saturated rings. The first-order valence-corrected chi connectivity index (χ1v) is 9.91. The Balaban J connectivity index is 1.67. The van der Waals surface area contributed by atoms with E-state index < -0.39 is 0 Å². The number of hydrogen-bond donors (Lipinski definition) is 1. The quantitative estimate of drug-likeness (QED) is 0.424. The number of rotatable bonds is 8. The maximum absolute atomic E-state index is 12.2. The molecule has 1 amide bonds. The van der Waals surface area contributed by atoms with Gasteiger partial charge in [-0.2, -0.15) is 5.10 Å². The molecule has 0 bridgehead atoms. The van der Waals surface area contributed by atoms with Crippen LogP contribution in [0.25, 0.3) is 0 Å². The van der Waals surface area contributed by atoms with Crippen LogP contribution in [0.15, 0.2) is 71.8 Å². The van der Waals surface area contributed by atoms with Crippen LogP contribution in [0, 0.1) is 13.8 Å². The Hall–Kier alpha value is -3.60. The maximum atomic E-state index is 12.2. The number of nitrogens with zero attached hydrogens (tertiary/aromatic N) is 1. The molecule has 0 aliphatic carbocycles. The minimum Gasteiger partial charge on any atom is -0.490 e. The van der Waals surface area contributed by atoms with Crippen molar-refractivity contribution in [1.82, 2.24) is 5.43 Å². The third-order valence-electron chi connectivity index (χ3n) is 4.57. The van der Waals surface area contributed by atoms with E-state index >= 15 is 0 Å². The highest BCUT2D eigenvalue weighted by Gasteiger charge is 2.08. The van der Waals surface area contributed by atoms with Crippen LogP contribution in [-0.4, -0.2) is 18.7 Å². The van der Waals surface area contributed by atoms with Gasteiger partial charge in [0.15, 0.2) is 11.5 Å². The number of hydrogen-bond acceptors (Lipinski definition) is 4. The zero-order valence-corrected chi connectivity index (χ0v) is 17.5. The number of ether oxygens (including phenoxy) is 2. The van der Waals surface area contributed by atoms with Crippen molar-refractivity contribution in [3.8, 4) is 11.5 Å². The van der Waals surface area contributed by atoms with Crippen molar-refractivity contribution in [2.45, 2.75) is 27.4 Å². The summed E-state index contributed by atoms with van der Waals surface area (Å²) in [5.74, 6) is 1.05. The maximum Gasteiger partial charge on any atom is 0.271 e. The standard InChI is InChI=1S/C25H26N2O3/c1-4-29-24-15-20(16-26-27-25(28)21-11-7-8-18(2)14-21)12-13-23(24)30-17-22-10-6-5-9-19(22)3/h5-16H,4,17H2,1-3H3,(H,27,28). The highest BCUT2D eigenvalue weighted by molar-refractivity contribution is 5.95. The fraction of sp³-hybridized carbons (Fsp3) is 0.200. The van der Waals surface area contributed by atoms with E-state index in [4.69, 9.17) is 9.47 Å². The molecule has 0 heterocycles. The second-order valence-corrected chi connectivity index (χ2v) is 6.92. The molecule has 0 aromatic heterocycles. The molecule has 3 rings (SSSR count). The molecule has 0 saturated carbocycles. The minimum atomic E-state index is -0.252. The van der Waals surface area contributed by atoms with Gasteiger partial charge in [-0.25, -0.2) is 5.43 Å². The number of hydrazone groups is 1. The molecular weight excluding hydrogens is 376 g/mol. The van der Waals surface area contributed by atoms with Gasteiger partial charge in [0, 0.05) is 5.56 Å². The van der Waals surface area contributed by atoms with E-state index in [0.29, 0.717) is 30.3 Å². The van der Waals surface area contributed by atoms with Gasteiger partial charge in [0.25, 0.3) is 5.91 Å². The molecule has 5 heteroatoms. The van der Waals surface area contributed by atoms with Crippen LogP contribution in [0.1, 0.15) is 39.5 Å². The number of aryl methyl sites for hydroxylation is 2. The fourth-order valence-corrected chi connectivity index (χ4v) is 2.94. The third kappa shape index (κ3) is 5.70. The van der Waals surface area contributed by atoms with E-state index in [0.717, 1.165) is 16.7 Å². The largest absolute Gasteiger partial charge is 0.490 e. The van der Waals surface area contributed by atoms with Crippen LogP contribution >= 0.6 is 0 Å². The summed E-state index contributed by atoms with van der Waals surface area (Å²) in [6.07, 6.45) is 1.58. The summed E-state index contributed by atoms with van der Waals surface area (Å²) in [6, 6.07) is 21.1. The lowest BCUT2D eigenvalue weighted by Crippen LogP contribution is -2.17.